The number of carbonyl (C=O) groups excluding carboxylic acids is 2. The van der Waals surface area contributed by atoms with Crippen LogP contribution in [0.5, 0.6) is 0 Å². The normalized spacial score (nSPS) is 19.2. The molecule has 8 heteroatoms. The van der Waals surface area contributed by atoms with Crippen molar-refractivity contribution in [1.82, 2.24) is 19.6 Å². The van der Waals surface area contributed by atoms with Crippen LogP contribution in [0.2, 0.25) is 0 Å². The third-order valence-corrected chi connectivity index (χ3v) is 6.86. The number of carbonyl (C=O) groups is 2. The number of hydrogen-bond donors (Lipinski definition) is 1. The fourth-order valence-corrected chi connectivity index (χ4v) is 5.06. The molecule has 1 aromatic carbocycles. The molecule has 2 aromatic rings. The summed E-state index contributed by atoms with van der Waals surface area (Å²) < 4.78 is 7.62. The lowest BCUT2D eigenvalue weighted by molar-refractivity contribution is 0.0164. The molecule has 0 unspecified atom stereocenters. The average Bonchev–Trinajstić information content (AvgIpc) is 3.09. The Bertz CT molecular complexity index is 1010. The van der Waals surface area contributed by atoms with Crippen molar-refractivity contribution in [3.63, 3.8) is 0 Å². The van der Waals surface area contributed by atoms with Crippen LogP contribution in [0.3, 0.4) is 0 Å². The van der Waals surface area contributed by atoms with Gasteiger partial charge in [0.15, 0.2) is 0 Å². The second-order valence-electron chi connectivity index (χ2n) is 10.6. The highest BCUT2D eigenvalue weighted by molar-refractivity contribution is 5.97. The Labute approximate surface area is 196 Å². The van der Waals surface area contributed by atoms with Crippen molar-refractivity contribution >= 4 is 22.9 Å². The molecule has 2 N–H and O–H groups in total. The Hall–Kier alpha value is -2.61. The number of primary amides is 1. The summed E-state index contributed by atoms with van der Waals surface area (Å²) in [5, 5.41) is 5.88. The first-order valence-corrected chi connectivity index (χ1v) is 12.1. The molecule has 0 bridgehead atoms. The maximum atomic E-state index is 12.3. The van der Waals surface area contributed by atoms with Crippen molar-refractivity contribution in [2.24, 2.45) is 11.7 Å². The maximum absolute atomic E-state index is 12.3. The second-order valence-corrected chi connectivity index (χ2v) is 10.6. The Morgan fingerprint density at radius 3 is 2.36 bits per heavy atom. The molecular formula is C25H37N5O3. The van der Waals surface area contributed by atoms with Gasteiger partial charge < -0.3 is 20.3 Å². The highest BCUT2D eigenvalue weighted by Crippen LogP contribution is 2.30. The smallest absolute Gasteiger partial charge is 0.410 e. The Kier molecular flexibility index (Phi) is 6.66. The SMILES string of the molecule is Cc1nn(C2CCN(CC3CCN(C(=O)OC(C)(C)C)CC3)CC2)c2cc(C(N)=O)ccc12. The summed E-state index contributed by atoms with van der Waals surface area (Å²) >= 11 is 0. The molecule has 2 aliphatic rings. The van der Waals surface area contributed by atoms with Crippen molar-refractivity contribution in [3.8, 4) is 0 Å². The molecule has 8 nitrogen and oxygen atoms in total. The third-order valence-electron chi connectivity index (χ3n) is 6.86. The van der Waals surface area contributed by atoms with Gasteiger partial charge in [-0.2, -0.15) is 5.10 Å². The minimum absolute atomic E-state index is 0.192. The van der Waals surface area contributed by atoms with Crippen LogP contribution in [0, 0.1) is 12.8 Å². The van der Waals surface area contributed by atoms with Crippen molar-refractivity contribution < 1.29 is 14.3 Å². The molecule has 180 valence electrons. The van der Waals surface area contributed by atoms with Crippen LogP contribution < -0.4 is 5.73 Å². The predicted molar refractivity (Wildman–Crippen MR) is 128 cm³/mol. The number of benzene rings is 1. The van der Waals surface area contributed by atoms with Gasteiger partial charge in [0.05, 0.1) is 17.3 Å². The summed E-state index contributed by atoms with van der Waals surface area (Å²) in [6, 6.07) is 5.94. The molecule has 0 aliphatic carbocycles. The van der Waals surface area contributed by atoms with Crippen LogP contribution in [0.25, 0.3) is 10.9 Å². The Morgan fingerprint density at radius 1 is 1.09 bits per heavy atom. The Balaban J connectivity index is 1.30. The van der Waals surface area contributed by atoms with Gasteiger partial charge in [-0.15, -0.1) is 0 Å². The number of nitrogens with zero attached hydrogens (tertiary/aromatic N) is 4. The molecule has 2 aliphatic heterocycles. The molecule has 33 heavy (non-hydrogen) atoms. The Morgan fingerprint density at radius 2 is 1.76 bits per heavy atom. The molecule has 2 saturated heterocycles. The predicted octanol–water partition coefficient (Wildman–Crippen LogP) is 3.73. The topological polar surface area (TPSA) is 93.7 Å². The molecule has 0 spiro atoms. The van der Waals surface area contributed by atoms with Gasteiger partial charge in [0.2, 0.25) is 5.91 Å². The minimum Gasteiger partial charge on any atom is -0.444 e. The van der Waals surface area contributed by atoms with E-state index in [1.54, 1.807) is 6.07 Å². The monoisotopic (exact) mass is 455 g/mol. The molecule has 0 atom stereocenters. The molecule has 2 amide bonds. The van der Waals surface area contributed by atoms with E-state index in [1.807, 2.05) is 44.7 Å². The number of ether oxygens (including phenoxy) is 1. The van der Waals surface area contributed by atoms with Gasteiger partial charge in [0.1, 0.15) is 5.60 Å². The summed E-state index contributed by atoms with van der Waals surface area (Å²) in [6.45, 7) is 12.4. The quantitative estimate of drug-likeness (QED) is 0.758. The van der Waals surface area contributed by atoms with Crippen molar-refractivity contribution in [2.75, 3.05) is 32.7 Å². The lowest BCUT2D eigenvalue weighted by Crippen LogP contribution is -2.45. The first-order valence-electron chi connectivity index (χ1n) is 12.1. The van der Waals surface area contributed by atoms with Gasteiger partial charge in [-0.25, -0.2) is 4.79 Å². The molecule has 0 radical (unpaired) electrons. The molecule has 2 fully saturated rings. The van der Waals surface area contributed by atoms with Crippen LogP contribution in [-0.4, -0.2) is 69.9 Å². The first kappa shape index (κ1) is 23.5. The summed E-state index contributed by atoms with van der Waals surface area (Å²) in [6.07, 6.45) is 3.93. The van der Waals surface area contributed by atoms with Crippen molar-refractivity contribution in [2.45, 2.75) is 65.0 Å². The van der Waals surface area contributed by atoms with Crippen molar-refractivity contribution in [1.29, 1.82) is 0 Å². The van der Waals surface area contributed by atoms with E-state index in [2.05, 4.69) is 9.58 Å². The summed E-state index contributed by atoms with van der Waals surface area (Å²) in [7, 11) is 0. The van der Waals surface area contributed by atoms with Crippen LogP contribution in [0.1, 0.15) is 68.5 Å². The molecule has 1 aromatic heterocycles. The second kappa shape index (κ2) is 9.33. The van der Waals surface area contributed by atoms with E-state index in [1.165, 1.54) is 0 Å². The van der Waals surface area contributed by atoms with Gasteiger partial charge in [-0.1, -0.05) is 6.07 Å². The van der Waals surface area contributed by atoms with Crippen LogP contribution in [0.15, 0.2) is 18.2 Å². The van der Waals surface area contributed by atoms with Gasteiger partial charge >= 0.3 is 6.09 Å². The lowest BCUT2D eigenvalue weighted by atomic mass is 9.95. The number of likely N-dealkylation sites (tertiary alicyclic amines) is 2. The zero-order valence-electron chi connectivity index (χ0n) is 20.3. The van der Waals surface area contributed by atoms with Gasteiger partial charge in [-0.3, -0.25) is 9.48 Å². The number of aromatic nitrogens is 2. The van der Waals surface area contributed by atoms with E-state index in [-0.39, 0.29) is 6.09 Å². The number of fused-ring (bicyclic) bond motifs is 1. The highest BCUT2D eigenvalue weighted by Gasteiger charge is 2.29. The highest BCUT2D eigenvalue weighted by atomic mass is 16.6. The standard InChI is InChI=1S/C25H37N5O3/c1-17-21-6-5-19(23(26)31)15-22(21)30(27-17)20-9-11-28(12-10-20)16-18-7-13-29(14-8-18)24(32)33-25(2,3)4/h5-6,15,18,20H,7-14,16H2,1-4H3,(H2,26,31). The van der Waals surface area contributed by atoms with Crippen LogP contribution in [-0.2, 0) is 4.74 Å². The lowest BCUT2D eigenvalue weighted by Gasteiger charge is -2.38. The summed E-state index contributed by atoms with van der Waals surface area (Å²) in [5.74, 6) is 0.209. The van der Waals surface area contributed by atoms with Gasteiger partial charge in [-0.05, 0) is 71.4 Å². The molecule has 0 saturated carbocycles. The van der Waals surface area contributed by atoms with Crippen LogP contribution in [0.4, 0.5) is 4.79 Å². The maximum Gasteiger partial charge on any atom is 0.410 e. The zero-order valence-corrected chi connectivity index (χ0v) is 20.3. The fraction of sp³-hybridized carbons (Fsp3) is 0.640. The van der Waals surface area contributed by atoms with E-state index in [0.29, 0.717) is 17.5 Å². The largest absolute Gasteiger partial charge is 0.444 e. The van der Waals surface area contributed by atoms with E-state index in [4.69, 9.17) is 15.6 Å². The van der Waals surface area contributed by atoms with E-state index >= 15 is 0 Å². The number of nitrogens with two attached hydrogens (primary N) is 1. The first-order chi connectivity index (χ1) is 15.6. The summed E-state index contributed by atoms with van der Waals surface area (Å²) in [5.41, 5.74) is 7.56. The number of piperidine rings is 2. The number of rotatable bonds is 4. The van der Waals surface area contributed by atoms with Crippen molar-refractivity contribution in [3.05, 3.63) is 29.5 Å². The number of hydrogen-bond acceptors (Lipinski definition) is 5. The number of aryl methyl sites for hydroxylation is 1. The van der Waals surface area contributed by atoms with E-state index < -0.39 is 11.5 Å². The van der Waals surface area contributed by atoms with Gasteiger partial charge in [0.25, 0.3) is 0 Å². The number of amides is 2. The van der Waals surface area contributed by atoms with E-state index in [0.717, 1.165) is 75.0 Å². The third kappa shape index (κ3) is 5.49. The fourth-order valence-electron chi connectivity index (χ4n) is 5.06. The van der Waals surface area contributed by atoms with Gasteiger partial charge in [0, 0.05) is 43.7 Å². The summed E-state index contributed by atoms with van der Waals surface area (Å²) in [4.78, 5) is 28.3. The van der Waals surface area contributed by atoms with E-state index in [9.17, 15) is 9.59 Å². The molecule has 3 heterocycles. The molecule has 4 rings (SSSR count). The van der Waals surface area contributed by atoms with Crippen LogP contribution >= 0.6 is 0 Å². The minimum atomic E-state index is -0.446. The zero-order chi connectivity index (χ0) is 23.8. The average molecular weight is 456 g/mol. The molecular weight excluding hydrogens is 418 g/mol.